The normalized spacial score (nSPS) is 28.0. The molecule has 1 aliphatic carbocycles. The number of rotatable bonds is 3. The van der Waals surface area contributed by atoms with Gasteiger partial charge in [-0.3, -0.25) is 9.59 Å². The Bertz CT molecular complexity index is 232. The first-order valence-corrected chi connectivity index (χ1v) is 4.56. The van der Waals surface area contributed by atoms with Gasteiger partial charge in [-0.25, -0.2) is 0 Å². The van der Waals surface area contributed by atoms with Gasteiger partial charge in [0.2, 0.25) is 0 Å². The molecule has 0 amide bonds. The third-order valence-electron chi connectivity index (χ3n) is 2.65. The smallest absolute Gasteiger partial charge is 0.307 e. The van der Waals surface area contributed by atoms with Gasteiger partial charge >= 0.3 is 5.97 Å². The molecule has 13 heavy (non-hydrogen) atoms. The highest BCUT2D eigenvalue weighted by atomic mass is 16.4. The molecule has 3 heteroatoms. The van der Waals surface area contributed by atoms with Crippen molar-refractivity contribution in [2.24, 2.45) is 11.8 Å². The summed E-state index contributed by atoms with van der Waals surface area (Å²) in [5, 5.41) is 8.87. The summed E-state index contributed by atoms with van der Waals surface area (Å²) >= 11 is 0. The Morgan fingerprint density at radius 2 is 1.77 bits per heavy atom. The maximum Gasteiger partial charge on any atom is 0.307 e. The van der Waals surface area contributed by atoms with Crippen LogP contribution >= 0.6 is 0 Å². The minimum atomic E-state index is -0.847. The first-order chi connectivity index (χ1) is 6.16. The van der Waals surface area contributed by atoms with E-state index in [-0.39, 0.29) is 11.7 Å². The standard InChI is InChI=1S/C10H14O3/c1-2-9(11)7-5-3-4-6-8(7)10(12)13/h2,7-8H,1,3-6H2,(H,12,13). The first kappa shape index (κ1) is 9.96. The minimum Gasteiger partial charge on any atom is -0.481 e. The Hall–Kier alpha value is -1.12. The second kappa shape index (κ2) is 4.21. The van der Waals surface area contributed by atoms with Crippen molar-refractivity contribution in [1.29, 1.82) is 0 Å². The predicted octanol–water partition coefficient (Wildman–Crippen LogP) is 1.63. The predicted molar refractivity (Wildman–Crippen MR) is 48.3 cm³/mol. The van der Waals surface area contributed by atoms with Crippen LogP contribution in [0.2, 0.25) is 0 Å². The van der Waals surface area contributed by atoms with Gasteiger partial charge in [-0.1, -0.05) is 19.4 Å². The molecule has 1 aliphatic rings. The zero-order chi connectivity index (χ0) is 9.84. The lowest BCUT2D eigenvalue weighted by atomic mass is 9.77. The van der Waals surface area contributed by atoms with Crippen LogP contribution in [-0.2, 0) is 9.59 Å². The second-order valence-corrected chi connectivity index (χ2v) is 3.44. The summed E-state index contributed by atoms with van der Waals surface area (Å²) in [4.78, 5) is 22.1. The van der Waals surface area contributed by atoms with Crippen LogP contribution in [-0.4, -0.2) is 16.9 Å². The fraction of sp³-hybridized carbons (Fsp3) is 0.600. The molecular weight excluding hydrogens is 168 g/mol. The van der Waals surface area contributed by atoms with Crippen molar-refractivity contribution in [3.8, 4) is 0 Å². The lowest BCUT2D eigenvalue weighted by molar-refractivity contribution is -0.147. The quantitative estimate of drug-likeness (QED) is 0.675. The molecule has 0 saturated heterocycles. The van der Waals surface area contributed by atoms with E-state index >= 15 is 0 Å². The number of ketones is 1. The van der Waals surface area contributed by atoms with Crippen LogP contribution in [0.5, 0.6) is 0 Å². The number of hydrogen-bond donors (Lipinski definition) is 1. The fourth-order valence-corrected chi connectivity index (χ4v) is 1.92. The Kier molecular flexibility index (Phi) is 3.23. The molecule has 72 valence electrons. The first-order valence-electron chi connectivity index (χ1n) is 4.56. The number of aliphatic carboxylic acids is 1. The maximum atomic E-state index is 11.3. The van der Waals surface area contributed by atoms with Gasteiger partial charge in [0, 0.05) is 5.92 Å². The average Bonchev–Trinajstić information content (AvgIpc) is 2.16. The molecule has 1 rings (SSSR count). The average molecular weight is 182 g/mol. The Morgan fingerprint density at radius 3 is 2.23 bits per heavy atom. The number of carbonyl (C=O) groups is 2. The van der Waals surface area contributed by atoms with E-state index in [4.69, 9.17) is 5.11 Å². The molecule has 0 aromatic carbocycles. The van der Waals surface area contributed by atoms with Crippen LogP contribution in [0.1, 0.15) is 25.7 Å². The fourth-order valence-electron chi connectivity index (χ4n) is 1.92. The lowest BCUT2D eigenvalue weighted by Gasteiger charge is -2.26. The van der Waals surface area contributed by atoms with Crippen LogP contribution in [0.4, 0.5) is 0 Å². The van der Waals surface area contributed by atoms with Crippen LogP contribution in [0.15, 0.2) is 12.7 Å². The Balaban J connectivity index is 2.72. The third-order valence-corrected chi connectivity index (χ3v) is 2.65. The molecule has 0 spiro atoms. The van der Waals surface area contributed by atoms with E-state index in [2.05, 4.69) is 6.58 Å². The van der Waals surface area contributed by atoms with E-state index in [9.17, 15) is 9.59 Å². The van der Waals surface area contributed by atoms with Crippen molar-refractivity contribution in [2.75, 3.05) is 0 Å². The van der Waals surface area contributed by atoms with Crippen molar-refractivity contribution in [3.05, 3.63) is 12.7 Å². The monoisotopic (exact) mass is 182 g/mol. The SMILES string of the molecule is C=CC(=O)C1CCCCC1C(=O)O. The summed E-state index contributed by atoms with van der Waals surface area (Å²) in [5.74, 6) is -1.78. The summed E-state index contributed by atoms with van der Waals surface area (Å²) in [7, 11) is 0. The second-order valence-electron chi connectivity index (χ2n) is 3.44. The molecule has 1 N–H and O–H groups in total. The maximum absolute atomic E-state index is 11.3. The molecule has 0 aliphatic heterocycles. The van der Waals surface area contributed by atoms with Crippen molar-refractivity contribution in [3.63, 3.8) is 0 Å². The van der Waals surface area contributed by atoms with Crippen LogP contribution in [0, 0.1) is 11.8 Å². The van der Waals surface area contributed by atoms with Gasteiger partial charge in [0.05, 0.1) is 5.92 Å². The largest absolute Gasteiger partial charge is 0.481 e. The van der Waals surface area contributed by atoms with E-state index < -0.39 is 11.9 Å². The number of carbonyl (C=O) groups excluding carboxylic acids is 1. The van der Waals surface area contributed by atoms with Crippen molar-refractivity contribution in [1.82, 2.24) is 0 Å². The molecule has 0 aromatic rings. The summed E-state index contributed by atoms with van der Waals surface area (Å²) in [6, 6.07) is 0. The number of allylic oxidation sites excluding steroid dienone is 1. The van der Waals surface area contributed by atoms with Gasteiger partial charge in [0.25, 0.3) is 0 Å². The van der Waals surface area contributed by atoms with E-state index in [1.54, 1.807) is 0 Å². The van der Waals surface area contributed by atoms with Gasteiger partial charge in [-0.2, -0.15) is 0 Å². The summed E-state index contributed by atoms with van der Waals surface area (Å²) in [5.41, 5.74) is 0. The van der Waals surface area contributed by atoms with Crippen LogP contribution < -0.4 is 0 Å². The molecule has 1 saturated carbocycles. The van der Waals surface area contributed by atoms with Gasteiger partial charge in [-0.15, -0.1) is 0 Å². The highest BCUT2D eigenvalue weighted by molar-refractivity contribution is 5.94. The summed E-state index contributed by atoms with van der Waals surface area (Å²) in [6.07, 6.45) is 4.43. The van der Waals surface area contributed by atoms with Crippen molar-refractivity contribution < 1.29 is 14.7 Å². The van der Waals surface area contributed by atoms with E-state index in [1.165, 1.54) is 6.08 Å². The molecule has 0 heterocycles. The van der Waals surface area contributed by atoms with Gasteiger partial charge in [0.1, 0.15) is 0 Å². The highest BCUT2D eigenvalue weighted by Gasteiger charge is 2.34. The van der Waals surface area contributed by atoms with E-state index in [0.29, 0.717) is 12.8 Å². The molecule has 1 fully saturated rings. The Morgan fingerprint density at radius 1 is 1.23 bits per heavy atom. The molecule has 2 unspecified atom stereocenters. The van der Waals surface area contributed by atoms with Crippen molar-refractivity contribution in [2.45, 2.75) is 25.7 Å². The van der Waals surface area contributed by atoms with Crippen LogP contribution in [0.3, 0.4) is 0 Å². The lowest BCUT2D eigenvalue weighted by Crippen LogP contribution is -2.31. The highest BCUT2D eigenvalue weighted by Crippen LogP contribution is 2.30. The number of carboxylic acid groups (broad SMARTS) is 1. The van der Waals surface area contributed by atoms with Gasteiger partial charge in [0.15, 0.2) is 5.78 Å². The molecule has 0 bridgehead atoms. The number of hydrogen-bond acceptors (Lipinski definition) is 2. The van der Waals surface area contributed by atoms with Crippen molar-refractivity contribution >= 4 is 11.8 Å². The Labute approximate surface area is 77.4 Å². The third kappa shape index (κ3) is 2.17. The summed E-state index contributed by atoms with van der Waals surface area (Å²) < 4.78 is 0. The topological polar surface area (TPSA) is 54.4 Å². The van der Waals surface area contributed by atoms with Crippen LogP contribution in [0.25, 0.3) is 0 Å². The molecule has 3 nitrogen and oxygen atoms in total. The zero-order valence-corrected chi connectivity index (χ0v) is 7.53. The molecule has 0 aromatic heterocycles. The molecule has 2 atom stereocenters. The number of carboxylic acids is 1. The summed E-state index contributed by atoms with van der Waals surface area (Å²) in [6.45, 7) is 3.39. The zero-order valence-electron chi connectivity index (χ0n) is 7.53. The molecular formula is C10H14O3. The minimum absolute atomic E-state index is 0.118. The van der Waals surface area contributed by atoms with E-state index in [1.807, 2.05) is 0 Å². The van der Waals surface area contributed by atoms with E-state index in [0.717, 1.165) is 12.8 Å². The van der Waals surface area contributed by atoms with Gasteiger partial charge in [-0.05, 0) is 18.9 Å². The molecule has 0 radical (unpaired) electrons. The van der Waals surface area contributed by atoms with Gasteiger partial charge < -0.3 is 5.11 Å².